The highest BCUT2D eigenvalue weighted by Crippen LogP contribution is 2.29. The van der Waals surface area contributed by atoms with Crippen LogP contribution in [0.3, 0.4) is 0 Å². The lowest BCUT2D eigenvalue weighted by atomic mass is 10.3. The minimum Gasteiger partial charge on any atom is -0.482 e. The molecule has 0 saturated carbocycles. The average molecular weight is 236 g/mol. The lowest BCUT2D eigenvalue weighted by molar-refractivity contribution is 0.112. The zero-order valence-corrected chi connectivity index (χ0v) is 9.44. The molecule has 1 heterocycles. The highest BCUT2D eigenvalue weighted by Gasteiger charge is 2.14. The second-order valence-corrected chi connectivity index (χ2v) is 3.58. The molecule has 0 amide bonds. The lowest BCUT2D eigenvalue weighted by Gasteiger charge is -2.08. The quantitative estimate of drug-likeness (QED) is 0.766. The Kier molecular flexibility index (Phi) is 2.97. The molecule has 2 rings (SSSR count). The van der Waals surface area contributed by atoms with E-state index in [4.69, 9.17) is 16.3 Å². The van der Waals surface area contributed by atoms with Crippen molar-refractivity contribution in [1.82, 2.24) is 4.57 Å². The smallest absolute Gasteiger partial charge is 0.199 e. The number of hydrogen-bond acceptors (Lipinski definition) is 2. The standard InChI is InChI=1S/C12H10ClNO2/c1-16-11-7-9(8-15)12(13)14(11)10-5-3-2-4-6-10/h2-8H,1H3. The molecule has 82 valence electrons. The maximum atomic E-state index is 10.8. The summed E-state index contributed by atoms with van der Waals surface area (Å²) < 4.78 is 6.87. The molecule has 3 nitrogen and oxygen atoms in total. The number of ether oxygens (including phenoxy) is 1. The highest BCUT2D eigenvalue weighted by molar-refractivity contribution is 6.32. The van der Waals surface area contributed by atoms with E-state index in [1.54, 1.807) is 17.7 Å². The molecule has 0 aliphatic rings. The Morgan fingerprint density at radius 1 is 1.31 bits per heavy atom. The van der Waals surface area contributed by atoms with Gasteiger partial charge in [-0.05, 0) is 12.1 Å². The zero-order valence-electron chi connectivity index (χ0n) is 8.68. The molecule has 0 spiro atoms. The van der Waals surface area contributed by atoms with Gasteiger partial charge in [-0.25, -0.2) is 0 Å². The van der Waals surface area contributed by atoms with Crippen molar-refractivity contribution < 1.29 is 9.53 Å². The monoisotopic (exact) mass is 235 g/mol. The van der Waals surface area contributed by atoms with Crippen LogP contribution in [0.1, 0.15) is 10.4 Å². The summed E-state index contributed by atoms with van der Waals surface area (Å²) in [5.74, 6) is 0.540. The lowest BCUT2D eigenvalue weighted by Crippen LogP contribution is -1.97. The fraction of sp³-hybridized carbons (Fsp3) is 0.0833. The van der Waals surface area contributed by atoms with Crippen LogP contribution in [0.5, 0.6) is 5.88 Å². The second-order valence-electron chi connectivity index (χ2n) is 3.22. The van der Waals surface area contributed by atoms with Gasteiger partial charge < -0.3 is 4.74 Å². The van der Waals surface area contributed by atoms with E-state index in [0.29, 0.717) is 22.9 Å². The molecule has 0 aliphatic heterocycles. The van der Waals surface area contributed by atoms with Crippen LogP contribution in [0.25, 0.3) is 5.69 Å². The van der Waals surface area contributed by atoms with Crippen LogP contribution >= 0.6 is 11.6 Å². The maximum absolute atomic E-state index is 10.8. The molecule has 4 heteroatoms. The third kappa shape index (κ3) is 1.70. The molecular formula is C12H10ClNO2. The van der Waals surface area contributed by atoms with Crippen molar-refractivity contribution in [2.45, 2.75) is 0 Å². The predicted octanol–water partition coefficient (Wildman–Crippen LogP) is 2.95. The van der Waals surface area contributed by atoms with Crippen LogP contribution in [0.2, 0.25) is 5.15 Å². The van der Waals surface area contributed by atoms with Gasteiger partial charge >= 0.3 is 0 Å². The van der Waals surface area contributed by atoms with Gasteiger partial charge in [-0.15, -0.1) is 0 Å². The summed E-state index contributed by atoms with van der Waals surface area (Å²) in [6.45, 7) is 0. The topological polar surface area (TPSA) is 31.2 Å². The number of methoxy groups -OCH3 is 1. The number of aromatic nitrogens is 1. The number of aldehydes is 1. The minimum atomic E-state index is 0.359. The second kappa shape index (κ2) is 4.41. The minimum absolute atomic E-state index is 0.359. The highest BCUT2D eigenvalue weighted by atomic mass is 35.5. The maximum Gasteiger partial charge on any atom is 0.199 e. The number of para-hydroxylation sites is 1. The summed E-state index contributed by atoms with van der Waals surface area (Å²) in [5, 5.41) is 0.359. The number of nitrogens with zero attached hydrogens (tertiary/aromatic N) is 1. The van der Waals surface area contributed by atoms with Gasteiger partial charge in [-0.2, -0.15) is 0 Å². The van der Waals surface area contributed by atoms with Crippen LogP contribution in [0, 0.1) is 0 Å². The van der Waals surface area contributed by atoms with Gasteiger partial charge in [0.1, 0.15) is 5.15 Å². The van der Waals surface area contributed by atoms with Gasteiger partial charge in [0.05, 0.1) is 12.7 Å². The van der Waals surface area contributed by atoms with Crippen molar-refractivity contribution in [1.29, 1.82) is 0 Å². The summed E-state index contributed by atoms with van der Waals surface area (Å²) >= 11 is 6.09. The van der Waals surface area contributed by atoms with Gasteiger partial charge in [-0.1, -0.05) is 29.8 Å². The van der Waals surface area contributed by atoms with Crippen LogP contribution in [0.15, 0.2) is 36.4 Å². The first-order valence-corrected chi connectivity index (χ1v) is 5.11. The number of benzene rings is 1. The van der Waals surface area contributed by atoms with Gasteiger partial charge in [-0.3, -0.25) is 9.36 Å². The molecule has 0 N–H and O–H groups in total. The van der Waals surface area contributed by atoms with Gasteiger partial charge in [0.25, 0.3) is 0 Å². The van der Waals surface area contributed by atoms with Crippen molar-refractivity contribution in [3.8, 4) is 11.6 Å². The fourth-order valence-electron chi connectivity index (χ4n) is 1.53. The molecule has 0 bridgehead atoms. The molecule has 1 aromatic carbocycles. The molecule has 0 radical (unpaired) electrons. The van der Waals surface area contributed by atoms with Crippen molar-refractivity contribution in [3.05, 3.63) is 47.1 Å². The number of carbonyl (C=O) groups excluding carboxylic acids is 1. The van der Waals surface area contributed by atoms with Crippen molar-refractivity contribution >= 4 is 17.9 Å². The molecule has 1 aromatic heterocycles. The Morgan fingerprint density at radius 2 is 2.00 bits per heavy atom. The van der Waals surface area contributed by atoms with Crippen LogP contribution in [-0.4, -0.2) is 18.0 Å². The number of halogens is 1. The summed E-state index contributed by atoms with van der Waals surface area (Å²) in [7, 11) is 1.54. The summed E-state index contributed by atoms with van der Waals surface area (Å²) in [6.07, 6.45) is 0.713. The first kappa shape index (κ1) is 10.8. The van der Waals surface area contributed by atoms with Crippen LogP contribution < -0.4 is 4.74 Å². The van der Waals surface area contributed by atoms with E-state index >= 15 is 0 Å². The number of hydrogen-bond donors (Lipinski definition) is 0. The Morgan fingerprint density at radius 3 is 2.56 bits per heavy atom. The SMILES string of the molecule is COc1cc(C=O)c(Cl)n1-c1ccccc1. The first-order valence-electron chi connectivity index (χ1n) is 4.73. The predicted molar refractivity (Wildman–Crippen MR) is 62.7 cm³/mol. The molecule has 0 fully saturated rings. The molecule has 0 aliphatic carbocycles. The van der Waals surface area contributed by atoms with E-state index in [-0.39, 0.29) is 0 Å². The van der Waals surface area contributed by atoms with Gasteiger partial charge in [0, 0.05) is 11.8 Å². The number of rotatable bonds is 3. The van der Waals surface area contributed by atoms with Crippen molar-refractivity contribution in [2.75, 3.05) is 7.11 Å². The van der Waals surface area contributed by atoms with Crippen LogP contribution in [0.4, 0.5) is 0 Å². The largest absolute Gasteiger partial charge is 0.482 e. The van der Waals surface area contributed by atoms with E-state index in [9.17, 15) is 4.79 Å². The van der Waals surface area contributed by atoms with E-state index in [0.717, 1.165) is 5.69 Å². The van der Waals surface area contributed by atoms with E-state index in [1.807, 2.05) is 30.3 Å². The fourth-order valence-corrected chi connectivity index (χ4v) is 1.81. The molecular weight excluding hydrogens is 226 g/mol. The van der Waals surface area contributed by atoms with Crippen molar-refractivity contribution in [3.63, 3.8) is 0 Å². The summed E-state index contributed by atoms with van der Waals surface area (Å²) in [4.78, 5) is 10.8. The summed E-state index contributed by atoms with van der Waals surface area (Å²) in [6, 6.07) is 11.1. The molecule has 0 saturated heterocycles. The third-order valence-corrected chi connectivity index (χ3v) is 2.67. The molecule has 0 atom stereocenters. The summed E-state index contributed by atoms with van der Waals surface area (Å²) in [5.41, 5.74) is 1.28. The molecule has 0 unspecified atom stereocenters. The Balaban J connectivity index is 2.64. The third-order valence-electron chi connectivity index (χ3n) is 2.28. The Bertz CT molecular complexity index is 505. The van der Waals surface area contributed by atoms with E-state index < -0.39 is 0 Å². The van der Waals surface area contributed by atoms with Gasteiger partial charge in [0.15, 0.2) is 12.2 Å². The number of carbonyl (C=O) groups is 1. The average Bonchev–Trinajstić information content (AvgIpc) is 2.66. The van der Waals surface area contributed by atoms with Gasteiger partial charge in [0.2, 0.25) is 0 Å². The van der Waals surface area contributed by atoms with E-state index in [1.165, 1.54) is 0 Å². The van der Waals surface area contributed by atoms with E-state index in [2.05, 4.69) is 0 Å². The van der Waals surface area contributed by atoms with Crippen LogP contribution in [-0.2, 0) is 0 Å². The normalized spacial score (nSPS) is 10.1. The molecule has 16 heavy (non-hydrogen) atoms. The van der Waals surface area contributed by atoms with Crippen molar-refractivity contribution in [2.24, 2.45) is 0 Å². The molecule has 2 aromatic rings. The Labute approximate surface area is 98.2 Å². The first-order chi connectivity index (χ1) is 7.77. The Hall–Kier alpha value is -1.74. The zero-order chi connectivity index (χ0) is 11.5.